The number of benzene rings is 2. The minimum atomic E-state index is -1.01. The van der Waals surface area contributed by atoms with Gasteiger partial charge in [0.15, 0.2) is 0 Å². The predicted octanol–water partition coefficient (Wildman–Crippen LogP) is 5.10. The van der Waals surface area contributed by atoms with Crippen molar-refractivity contribution >= 4 is 56.9 Å². The summed E-state index contributed by atoms with van der Waals surface area (Å²) in [5, 5.41) is 8.46. The Morgan fingerprint density at radius 1 is 1.12 bits per heavy atom. The number of imide groups is 1. The van der Waals surface area contributed by atoms with E-state index in [1.165, 1.54) is 18.2 Å². The first-order valence-electron chi connectivity index (χ1n) is 10.1. The summed E-state index contributed by atoms with van der Waals surface area (Å²) in [5.74, 6) is -1.81. The van der Waals surface area contributed by atoms with Crippen molar-refractivity contribution in [1.29, 1.82) is 0 Å². The molecule has 0 atom stereocenters. The van der Waals surface area contributed by atoms with Crippen molar-refractivity contribution in [2.75, 3.05) is 6.54 Å². The third-order valence-corrected chi connectivity index (χ3v) is 5.84. The number of thioether (sulfide) groups is 1. The quantitative estimate of drug-likeness (QED) is 0.376. The number of carbonyl (C=O) groups excluding carboxylic acids is 3. The van der Waals surface area contributed by atoms with E-state index < -0.39 is 35.2 Å². The molecule has 34 heavy (non-hydrogen) atoms. The Morgan fingerprint density at radius 2 is 1.79 bits per heavy atom. The van der Waals surface area contributed by atoms with E-state index in [0.717, 1.165) is 26.7 Å². The topological polar surface area (TPSA) is 110 Å². The molecule has 2 aromatic rings. The Bertz CT molecular complexity index is 1170. The van der Waals surface area contributed by atoms with Crippen LogP contribution in [-0.4, -0.2) is 45.2 Å². The van der Waals surface area contributed by atoms with Crippen LogP contribution in [0.25, 0.3) is 6.08 Å². The number of aromatic carboxylic acids is 1. The van der Waals surface area contributed by atoms with Crippen LogP contribution in [0.3, 0.4) is 0 Å². The molecule has 3 rings (SSSR count). The molecule has 10 heteroatoms. The number of nitrogens with zero attached hydrogens (tertiary/aromatic N) is 1. The van der Waals surface area contributed by atoms with Gasteiger partial charge in [0.1, 0.15) is 24.5 Å². The highest BCUT2D eigenvalue weighted by atomic mass is 79.9. The zero-order chi connectivity index (χ0) is 25.0. The molecule has 8 nitrogen and oxygen atoms in total. The first-order valence-corrected chi connectivity index (χ1v) is 11.8. The monoisotopic (exact) mass is 547 g/mol. The molecule has 0 unspecified atom stereocenters. The van der Waals surface area contributed by atoms with Crippen molar-refractivity contribution < 1.29 is 33.8 Å². The van der Waals surface area contributed by atoms with Crippen molar-refractivity contribution in [2.24, 2.45) is 0 Å². The van der Waals surface area contributed by atoms with E-state index in [1.54, 1.807) is 51.1 Å². The standard InChI is InChI=1S/C24H22BrNO7S/c1-24(2,3)33-20(27)12-26-21(28)19(34-23(26)31)11-16-10-17(25)8-9-18(16)32-13-14-4-6-15(7-5-14)22(29)30/h4-11H,12-13H2,1-3H3,(H,29,30). The number of hydrogen-bond donors (Lipinski definition) is 1. The van der Waals surface area contributed by atoms with Gasteiger partial charge in [0.2, 0.25) is 0 Å². The number of ether oxygens (including phenoxy) is 2. The lowest BCUT2D eigenvalue weighted by atomic mass is 10.1. The van der Waals surface area contributed by atoms with E-state index in [1.807, 2.05) is 0 Å². The summed E-state index contributed by atoms with van der Waals surface area (Å²) in [6.07, 6.45) is 1.54. The lowest BCUT2D eigenvalue weighted by molar-refractivity contribution is -0.156. The average Bonchev–Trinajstić information content (AvgIpc) is 2.99. The normalized spacial score (nSPS) is 15.1. The highest BCUT2D eigenvalue weighted by Crippen LogP contribution is 2.35. The number of esters is 1. The van der Waals surface area contributed by atoms with Gasteiger partial charge >= 0.3 is 11.9 Å². The van der Waals surface area contributed by atoms with Gasteiger partial charge < -0.3 is 14.6 Å². The number of amides is 2. The fraction of sp³-hybridized carbons (Fsp3) is 0.250. The van der Waals surface area contributed by atoms with Crippen LogP contribution in [0, 0.1) is 0 Å². The molecule has 178 valence electrons. The number of carboxylic acid groups (broad SMARTS) is 1. The van der Waals surface area contributed by atoms with Crippen LogP contribution in [0.2, 0.25) is 0 Å². The molecular weight excluding hydrogens is 526 g/mol. The van der Waals surface area contributed by atoms with Crippen LogP contribution in [0.4, 0.5) is 4.79 Å². The second-order valence-corrected chi connectivity index (χ2v) is 10.2. The molecule has 0 radical (unpaired) electrons. The molecule has 0 saturated carbocycles. The van der Waals surface area contributed by atoms with E-state index >= 15 is 0 Å². The van der Waals surface area contributed by atoms with E-state index in [4.69, 9.17) is 14.6 Å². The summed E-state index contributed by atoms with van der Waals surface area (Å²) in [6.45, 7) is 4.81. The van der Waals surface area contributed by atoms with Crippen molar-refractivity contribution in [3.8, 4) is 5.75 Å². The molecule has 1 aliphatic heterocycles. The average molecular weight is 548 g/mol. The van der Waals surface area contributed by atoms with Crippen molar-refractivity contribution in [2.45, 2.75) is 33.0 Å². The maximum atomic E-state index is 12.8. The maximum Gasteiger partial charge on any atom is 0.335 e. The number of rotatable bonds is 7. The van der Waals surface area contributed by atoms with Crippen LogP contribution in [-0.2, 0) is 20.9 Å². The molecule has 1 heterocycles. The smallest absolute Gasteiger partial charge is 0.335 e. The molecule has 0 bridgehead atoms. The molecule has 2 amide bonds. The van der Waals surface area contributed by atoms with Crippen LogP contribution in [0.5, 0.6) is 5.75 Å². The van der Waals surface area contributed by atoms with Gasteiger partial charge in [-0.1, -0.05) is 28.1 Å². The molecule has 0 aliphatic carbocycles. The van der Waals surface area contributed by atoms with Gasteiger partial charge in [-0.15, -0.1) is 0 Å². The van der Waals surface area contributed by atoms with Gasteiger partial charge in [0, 0.05) is 10.0 Å². The van der Waals surface area contributed by atoms with Crippen molar-refractivity contribution in [1.82, 2.24) is 4.90 Å². The number of hydrogen-bond acceptors (Lipinski definition) is 7. The molecule has 1 N–H and O–H groups in total. The van der Waals surface area contributed by atoms with Crippen LogP contribution < -0.4 is 4.74 Å². The van der Waals surface area contributed by atoms with E-state index in [-0.39, 0.29) is 17.1 Å². The summed E-state index contributed by atoms with van der Waals surface area (Å²) in [5.41, 5.74) is 0.761. The van der Waals surface area contributed by atoms with Gasteiger partial charge in [-0.05, 0) is 74.5 Å². The Labute approximate surface area is 209 Å². The second kappa shape index (κ2) is 10.4. The Hall–Kier alpha value is -3.11. The highest BCUT2D eigenvalue weighted by Gasteiger charge is 2.37. The van der Waals surface area contributed by atoms with Gasteiger partial charge in [-0.3, -0.25) is 19.3 Å². The Balaban J connectivity index is 1.76. The van der Waals surface area contributed by atoms with Gasteiger partial charge in [-0.25, -0.2) is 4.79 Å². The lowest BCUT2D eigenvalue weighted by Gasteiger charge is -2.21. The molecule has 2 aromatic carbocycles. The molecule has 1 saturated heterocycles. The van der Waals surface area contributed by atoms with Gasteiger partial charge in [0.05, 0.1) is 10.5 Å². The second-order valence-electron chi connectivity index (χ2n) is 8.33. The summed E-state index contributed by atoms with van der Waals surface area (Å²) >= 11 is 4.13. The first kappa shape index (κ1) is 25.5. The van der Waals surface area contributed by atoms with Crippen LogP contribution >= 0.6 is 27.7 Å². The molecule has 1 aliphatic rings. The maximum absolute atomic E-state index is 12.8. The summed E-state index contributed by atoms with van der Waals surface area (Å²) < 4.78 is 11.8. The minimum Gasteiger partial charge on any atom is -0.488 e. The Morgan fingerprint density at radius 3 is 2.41 bits per heavy atom. The summed E-state index contributed by atoms with van der Waals surface area (Å²) in [6, 6.07) is 11.5. The predicted molar refractivity (Wildman–Crippen MR) is 130 cm³/mol. The largest absolute Gasteiger partial charge is 0.488 e. The molecule has 0 spiro atoms. The SMILES string of the molecule is CC(C)(C)OC(=O)CN1C(=O)SC(=Cc2cc(Br)ccc2OCc2ccc(C(=O)O)cc2)C1=O. The molecule has 0 aromatic heterocycles. The minimum absolute atomic E-state index is 0.155. The Kier molecular flexibility index (Phi) is 7.83. The van der Waals surface area contributed by atoms with E-state index in [0.29, 0.717) is 11.3 Å². The molecular formula is C24H22BrNO7S. The third-order valence-electron chi connectivity index (χ3n) is 4.43. The zero-order valence-corrected chi connectivity index (χ0v) is 21.1. The number of carbonyl (C=O) groups is 4. The van der Waals surface area contributed by atoms with Gasteiger partial charge in [-0.2, -0.15) is 0 Å². The van der Waals surface area contributed by atoms with Crippen LogP contribution in [0.1, 0.15) is 42.3 Å². The van der Waals surface area contributed by atoms with Crippen molar-refractivity contribution in [3.05, 3.63) is 68.5 Å². The van der Waals surface area contributed by atoms with E-state index in [2.05, 4.69) is 15.9 Å². The van der Waals surface area contributed by atoms with Crippen molar-refractivity contribution in [3.63, 3.8) is 0 Å². The summed E-state index contributed by atoms with van der Waals surface area (Å²) in [7, 11) is 0. The first-order chi connectivity index (χ1) is 15.9. The van der Waals surface area contributed by atoms with Crippen LogP contribution in [0.15, 0.2) is 51.8 Å². The van der Waals surface area contributed by atoms with Gasteiger partial charge in [0.25, 0.3) is 11.1 Å². The zero-order valence-electron chi connectivity index (χ0n) is 18.7. The van der Waals surface area contributed by atoms with E-state index in [9.17, 15) is 19.2 Å². The fourth-order valence-corrected chi connectivity index (χ4v) is 4.16. The number of carboxylic acids is 1. The third kappa shape index (κ3) is 6.71. The molecule has 1 fully saturated rings. The summed E-state index contributed by atoms with van der Waals surface area (Å²) in [4.78, 5) is 49.3. The highest BCUT2D eigenvalue weighted by molar-refractivity contribution is 9.10. The fourth-order valence-electron chi connectivity index (χ4n) is 2.95. The lowest BCUT2D eigenvalue weighted by Crippen LogP contribution is -2.37. The number of halogens is 1.